The Morgan fingerprint density at radius 2 is 1.58 bits per heavy atom. The number of hydrogen-bond acceptors (Lipinski definition) is 2. The van der Waals surface area contributed by atoms with Gasteiger partial charge in [0.15, 0.2) is 9.84 Å². The van der Waals surface area contributed by atoms with Crippen molar-refractivity contribution in [3.63, 3.8) is 0 Å². The molecule has 1 aromatic rings. The summed E-state index contributed by atoms with van der Waals surface area (Å²) in [5, 5.41) is 0.315. The molecule has 0 N–H and O–H groups in total. The first-order valence-electron chi connectivity index (χ1n) is 3.07. The van der Waals surface area contributed by atoms with Crippen LogP contribution in [0.15, 0.2) is 23.1 Å². The smallest absolute Gasteiger partial charge is 0.178 e. The van der Waals surface area contributed by atoms with Gasteiger partial charge in [-0.1, -0.05) is 29.3 Å². The quantitative estimate of drug-likeness (QED) is 0.735. The summed E-state index contributed by atoms with van der Waals surface area (Å²) >= 11 is 11.3. The zero-order valence-corrected chi connectivity index (χ0v) is 8.54. The Morgan fingerprint density at radius 3 is 1.83 bits per heavy atom. The van der Waals surface area contributed by atoms with Gasteiger partial charge in [-0.2, -0.15) is 0 Å². The molecular weight excluding hydrogens is 219 g/mol. The fourth-order valence-corrected chi connectivity index (χ4v) is 2.92. The van der Waals surface area contributed by atoms with Crippen LogP contribution in [0.4, 0.5) is 0 Å². The van der Waals surface area contributed by atoms with E-state index in [0.717, 1.165) is 6.26 Å². The van der Waals surface area contributed by atoms with E-state index < -0.39 is 9.84 Å². The largest absolute Gasteiger partial charge is 0.224 e. The van der Waals surface area contributed by atoms with E-state index in [1.807, 2.05) is 0 Å². The molecule has 0 aliphatic carbocycles. The van der Waals surface area contributed by atoms with Gasteiger partial charge in [-0.05, 0) is 12.1 Å². The van der Waals surface area contributed by atoms with Crippen LogP contribution in [0.1, 0.15) is 0 Å². The predicted molar refractivity (Wildman–Crippen MR) is 49.6 cm³/mol. The maximum atomic E-state index is 11.1. The first-order chi connectivity index (χ1) is 5.43. The van der Waals surface area contributed by atoms with E-state index in [-0.39, 0.29) is 14.9 Å². The van der Waals surface area contributed by atoms with Gasteiger partial charge in [0.25, 0.3) is 0 Å². The highest BCUT2D eigenvalue weighted by Gasteiger charge is 2.15. The highest BCUT2D eigenvalue weighted by Crippen LogP contribution is 2.28. The molecule has 0 atom stereocenters. The molecule has 66 valence electrons. The van der Waals surface area contributed by atoms with Gasteiger partial charge in [-0.15, -0.1) is 0 Å². The van der Waals surface area contributed by atoms with Crippen LogP contribution < -0.4 is 0 Å². The average Bonchev–Trinajstić information content (AvgIpc) is 1.82. The van der Waals surface area contributed by atoms with Gasteiger partial charge >= 0.3 is 0 Å². The van der Waals surface area contributed by atoms with E-state index in [0.29, 0.717) is 0 Å². The Hall–Kier alpha value is -0.250. The fourth-order valence-electron chi connectivity index (χ4n) is 0.837. The van der Waals surface area contributed by atoms with E-state index >= 15 is 0 Å². The van der Waals surface area contributed by atoms with Crippen LogP contribution in [-0.4, -0.2) is 14.7 Å². The number of sulfone groups is 1. The third-order valence-electron chi connectivity index (χ3n) is 1.29. The molecule has 0 unspecified atom stereocenters. The number of rotatable bonds is 1. The zero-order chi connectivity index (χ0) is 9.35. The Bertz CT molecular complexity index is 378. The Labute approximate surface area is 81.0 Å². The van der Waals surface area contributed by atoms with E-state index in [2.05, 4.69) is 0 Å². The molecule has 1 rings (SSSR count). The molecule has 12 heavy (non-hydrogen) atoms. The lowest BCUT2D eigenvalue weighted by atomic mass is 10.4. The molecule has 5 heteroatoms. The van der Waals surface area contributed by atoms with Gasteiger partial charge in [0.05, 0.1) is 10.0 Å². The molecule has 0 radical (unpaired) electrons. The molecule has 1 aromatic carbocycles. The summed E-state index contributed by atoms with van der Waals surface area (Å²) in [6.07, 6.45) is 1.07. The van der Waals surface area contributed by atoms with Crippen LogP contribution in [0, 0.1) is 0 Å². The van der Waals surface area contributed by atoms with Crippen molar-refractivity contribution < 1.29 is 8.42 Å². The molecule has 0 bridgehead atoms. The van der Waals surface area contributed by atoms with Gasteiger partial charge in [-0.25, -0.2) is 8.42 Å². The summed E-state index contributed by atoms with van der Waals surface area (Å²) in [7, 11) is -3.33. The normalized spacial score (nSPS) is 11.6. The highest BCUT2D eigenvalue weighted by molar-refractivity contribution is 7.91. The van der Waals surface area contributed by atoms with Crippen molar-refractivity contribution in [3.05, 3.63) is 28.2 Å². The summed E-state index contributed by atoms with van der Waals surface area (Å²) in [5.74, 6) is 0. The first-order valence-corrected chi connectivity index (χ1v) is 5.72. The lowest BCUT2D eigenvalue weighted by Gasteiger charge is -2.02. The molecule has 0 fully saturated rings. The van der Waals surface area contributed by atoms with Gasteiger partial charge in [-0.3, -0.25) is 0 Å². The minimum atomic E-state index is -3.33. The third-order valence-corrected chi connectivity index (χ3v) is 3.33. The summed E-state index contributed by atoms with van der Waals surface area (Å²) in [4.78, 5) is -0.00617. The molecule has 0 aromatic heterocycles. The van der Waals surface area contributed by atoms with Crippen LogP contribution >= 0.6 is 23.2 Å². The second-order valence-corrected chi connectivity index (χ2v) is 5.09. The zero-order valence-electron chi connectivity index (χ0n) is 6.21. The molecule has 0 saturated heterocycles. The SMILES string of the molecule is CS(=O)(=O)c1c(Cl)cccc1Cl. The summed E-state index contributed by atoms with van der Waals surface area (Å²) < 4.78 is 22.2. The van der Waals surface area contributed by atoms with Crippen LogP contribution in [-0.2, 0) is 9.84 Å². The number of halogens is 2. The third kappa shape index (κ3) is 1.91. The fraction of sp³-hybridized carbons (Fsp3) is 0.143. The van der Waals surface area contributed by atoms with E-state index in [1.54, 1.807) is 6.07 Å². The van der Waals surface area contributed by atoms with Gasteiger partial charge < -0.3 is 0 Å². The molecule has 0 spiro atoms. The summed E-state index contributed by atoms with van der Waals surface area (Å²) in [5.41, 5.74) is 0. The van der Waals surface area contributed by atoms with Crippen molar-refractivity contribution in [1.82, 2.24) is 0 Å². The van der Waals surface area contributed by atoms with E-state index in [4.69, 9.17) is 23.2 Å². The standard InChI is InChI=1S/C7H6Cl2O2S/c1-12(10,11)7-5(8)3-2-4-6(7)9/h2-4H,1H3. The molecule has 0 aliphatic heterocycles. The topological polar surface area (TPSA) is 34.1 Å². The van der Waals surface area contributed by atoms with Crippen molar-refractivity contribution in [2.75, 3.05) is 6.26 Å². The molecule has 0 aliphatic rings. The number of benzene rings is 1. The maximum Gasteiger partial charge on any atom is 0.178 e. The summed E-state index contributed by atoms with van der Waals surface area (Å²) in [6, 6.07) is 4.58. The van der Waals surface area contributed by atoms with Gasteiger partial charge in [0, 0.05) is 6.26 Å². The summed E-state index contributed by atoms with van der Waals surface area (Å²) in [6.45, 7) is 0. The van der Waals surface area contributed by atoms with Crippen LogP contribution in [0.3, 0.4) is 0 Å². The Kier molecular flexibility index (Phi) is 2.66. The minimum absolute atomic E-state index is 0.00617. The second kappa shape index (κ2) is 3.24. The molecule has 2 nitrogen and oxygen atoms in total. The van der Waals surface area contributed by atoms with Crippen LogP contribution in [0.5, 0.6) is 0 Å². The number of hydrogen-bond donors (Lipinski definition) is 0. The second-order valence-electron chi connectivity index (χ2n) is 2.32. The van der Waals surface area contributed by atoms with E-state index in [9.17, 15) is 8.42 Å². The molecule has 0 saturated carbocycles. The maximum absolute atomic E-state index is 11.1. The van der Waals surface area contributed by atoms with E-state index in [1.165, 1.54) is 12.1 Å². The van der Waals surface area contributed by atoms with Crippen molar-refractivity contribution in [2.45, 2.75) is 4.90 Å². The first kappa shape index (κ1) is 9.84. The highest BCUT2D eigenvalue weighted by atomic mass is 35.5. The molecule has 0 amide bonds. The van der Waals surface area contributed by atoms with Crippen molar-refractivity contribution in [1.29, 1.82) is 0 Å². The Balaban J connectivity index is 3.53. The molecular formula is C7H6Cl2O2S. The van der Waals surface area contributed by atoms with Gasteiger partial charge in [0.1, 0.15) is 4.90 Å². The van der Waals surface area contributed by atoms with Crippen molar-refractivity contribution >= 4 is 33.0 Å². The average molecular weight is 225 g/mol. The molecule has 0 heterocycles. The minimum Gasteiger partial charge on any atom is -0.224 e. The van der Waals surface area contributed by atoms with Gasteiger partial charge in [0.2, 0.25) is 0 Å². The van der Waals surface area contributed by atoms with Crippen LogP contribution in [0.25, 0.3) is 0 Å². The lowest BCUT2D eigenvalue weighted by Crippen LogP contribution is -1.98. The van der Waals surface area contributed by atoms with Crippen LogP contribution in [0.2, 0.25) is 10.0 Å². The van der Waals surface area contributed by atoms with Crippen molar-refractivity contribution in [3.8, 4) is 0 Å². The monoisotopic (exact) mass is 224 g/mol. The Morgan fingerprint density at radius 1 is 1.17 bits per heavy atom. The van der Waals surface area contributed by atoms with Crippen molar-refractivity contribution in [2.24, 2.45) is 0 Å². The lowest BCUT2D eigenvalue weighted by molar-refractivity contribution is 0.602. The predicted octanol–water partition coefficient (Wildman–Crippen LogP) is 2.40.